The van der Waals surface area contributed by atoms with Crippen molar-refractivity contribution in [2.75, 3.05) is 14.2 Å². The van der Waals surface area contributed by atoms with Crippen molar-refractivity contribution in [3.63, 3.8) is 0 Å². The Morgan fingerprint density at radius 2 is 1.06 bits per heavy atom. The Hall–Kier alpha value is -6.62. The van der Waals surface area contributed by atoms with Gasteiger partial charge < -0.3 is 19.5 Å². The van der Waals surface area contributed by atoms with Crippen LogP contribution in [0.2, 0.25) is 0 Å². The molecule has 0 saturated carbocycles. The lowest BCUT2D eigenvalue weighted by molar-refractivity contribution is 0.0592. The number of halogens is 1. The standard InChI is InChI=1S/C19H14N4O2.C11H7BrN4.C8H9BO4/c1-25-19(24)15-4-2-14(3-5-15)17-12-21-18-7-6-16(22-23(17)18)13-8-10-20-11-9-13;12-10-7-14-11-2-1-9(15-16(10)11)8-3-5-13-6-4-8;1-13-8(10)6-2-4-7(5-3-6)9(11)12/h2-12H,1H3;1-7H;2-5,11-12H,1H3. The molecule has 0 atom stereocenters. The second-order valence-corrected chi connectivity index (χ2v) is 12.0. The monoisotopic (exact) mass is 784 g/mol. The number of hydrogen-bond donors (Lipinski definition) is 2. The van der Waals surface area contributed by atoms with Gasteiger partial charge in [-0.05, 0) is 94.2 Å². The number of nitrogens with zero attached hydrogens (tertiary/aromatic N) is 8. The van der Waals surface area contributed by atoms with Crippen LogP contribution in [0.1, 0.15) is 20.7 Å². The topological polar surface area (TPSA) is 179 Å². The van der Waals surface area contributed by atoms with E-state index in [0.717, 1.165) is 49.7 Å². The van der Waals surface area contributed by atoms with Gasteiger partial charge in [-0.25, -0.2) is 28.6 Å². The largest absolute Gasteiger partial charge is 0.488 e. The summed E-state index contributed by atoms with van der Waals surface area (Å²) in [4.78, 5) is 39.1. The minimum absolute atomic E-state index is 0.340. The molecule has 2 aromatic carbocycles. The van der Waals surface area contributed by atoms with Crippen LogP contribution in [0.25, 0.3) is 45.1 Å². The van der Waals surface area contributed by atoms with Crippen LogP contribution in [0, 0.1) is 0 Å². The van der Waals surface area contributed by atoms with Crippen molar-refractivity contribution >= 4 is 51.7 Å². The van der Waals surface area contributed by atoms with E-state index >= 15 is 0 Å². The molecule has 0 saturated heterocycles. The number of carbonyl (C=O) groups is 2. The van der Waals surface area contributed by atoms with Crippen LogP contribution in [0.3, 0.4) is 0 Å². The van der Waals surface area contributed by atoms with E-state index in [4.69, 9.17) is 19.9 Å². The minimum atomic E-state index is -1.51. The fraction of sp³-hybridized carbons (Fsp3) is 0.0526. The number of methoxy groups -OCH3 is 2. The lowest BCUT2D eigenvalue weighted by Crippen LogP contribution is -2.29. The molecule has 0 aliphatic carbocycles. The molecular weight excluding hydrogens is 755 g/mol. The second-order valence-electron chi connectivity index (χ2n) is 11.2. The molecule has 8 rings (SSSR count). The highest BCUT2D eigenvalue weighted by atomic mass is 79.9. The molecule has 2 N–H and O–H groups in total. The molecule has 6 heterocycles. The summed E-state index contributed by atoms with van der Waals surface area (Å²) >= 11 is 3.40. The number of benzene rings is 2. The fourth-order valence-corrected chi connectivity index (χ4v) is 5.44. The van der Waals surface area contributed by atoms with Crippen molar-refractivity contribution < 1.29 is 29.1 Å². The van der Waals surface area contributed by atoms with E-state index in [1.807, 2.05) is 60.7 Å². The van der Waals surface area contributed by atoms with Crippen LogP contribution >= 0.6 is 15.9 Å². The van der Waals surface area contributed by atoms with Gasteiger partial charge in [0.05, 0.1) is 54.8 Å². The number of imidazole rings is 2. The predicted octanol–water partition coefficient (Wildman–Crippen LogP) is 4.95. The van der Waals surface area contributed by atoms with Gasteiger partial charge >= 0.3 is 19.1 Å². The minimum Gasteiger partial charge on any atom is -0.465 e. The lowest BCUT2D eigenvalue weighted by atomic mass is 9.80. The number of fused-ring (bicyclic) bond motifs is 2. The number of rotatable bonds is 6. The molecule has 16 heteroatoms. The first-order valence-electron chi connectivity index (χ1n) is 16.1. The van der Waals surface area contributed by atoms with Gasteiger partial charge in [0.2, 0.25) is 0 Å². The van der Waals surface area contributed by atoms with Crippen LogP contribution in [0.15, 0.2) is 139 Å². The molecule has 0 fully saturated rings. The Balaban J connectivity index is 0.000000148. The van der Waals surface area contributed by atoms with Crippen molar-refractivity contribution in [3.05, 3.63) is 150 Å². The van der Waals surface area contributed by atoms with Crippen molar-refractivity contribution in [2.24, 2.45) is 0 Å². The molecule has 0 radical (unpaired) electrons. The van der Waals surface area contributed by atoms with Crippen LogP contribution in [-0.2, 0) is 9.47 Å². The number of ether oxygens (including phenoxy) is 2. The van der Waals surface area contributed by atoms with Gasteiger partial charge in [0.15, 0.2) is 11.3 Å². The normalized spacial score (nSPS) is 10.5. The Kier molecular flexibility index (Phi) is 11.9. The Bertz CT molecular complexity index is 2500. The van der Waals surface area contributed by atoms with Crippen LogP contribution < -0.4 is 5.46 Å². The summed E-state index contributed by atoms with van der Waals surface area (Å²) in [7, 11) is 1.15. The lowest BCUT2D eigenvalue weighted by Gasteiger charge is -2.05. The molecule has 268 valence electrons. The van der Waals surface area contributed by atoms with E-state index in [9.17, 15) is 9.59 Å². The molecule has 0 unspecified atom stereocenters. The molecule has 0 amide bonds. The van der Waals surface area contributed by atoms with E-state index in [1.165, 1.54) is 38.5 Å². The van der Waals surface area contributed by atoms with Crippen molar-refractivity contribution in [2.45, 2.75) is 0 Å². The van der Waals surface area contributed by atoms with Gasteiger partial charge in [0.1, 0.15) is 4.60 Å². The Morgan fingerprint density at radius 3 is 1.56 bits per heavy atom. The number of esters is 2. The molecular formula is C38H30BBrN8O6. The van der Waals surface area contributed by atoms with E-state index in [0.29, 0.717) is 16.6 Å². The molecule has 8 aromatic rings. The van der Waals surface area contributed by atoms with Gasteiger partial charge in [-0.2, -0.15) is 10.2 Å². The number of aromatic nitrogens is 8. The maximum Gasteiger partial charge on any atom is 0.488 e. The van der Waals surface area contributed by atoms with Crippen LogP contribution in [0.5, 0.6) is 0 Å². The zero-order chi connectivity index (χ0) is 38.0. The summed E-state index contributed by atoms with van der Waals surface area (Å²) in [6.07, 6.45) is 10.5. The van der Waals surface area contributed by atoms with Crippen molar-refractivity contribution in [1.82, 2.24) is 39.2 Å². The average molecular weight is 785 g/mol. The molecule has 6 aromatic heterocycles. The van der Waals surface area contributed by atoms with E-state index in [2.05, 4.69) is 45.7 Å². The van der Waals surface area contributed by atoms with Crippen molar-refractivity contribution in [1.29, 1.82) is 0 Å². The van der Waals surface area contributed by atoms with Gasteiger partial charge in [0.25, 0.3) is 0 Å². The molecule has 0 aliphatic rings. The highest BCUT2D eigenvalue weighted by Gasteiger charge is 2.13. The summed E-state index contributed by atoms with van der Waals surface area (Å²) in [5.41, 5.74) is 8.32. The Labute approximate surface area is 317 Å². The summed E-state index contributed by atoms with van der Waals surface area (Å²) in [5, 5.41) is 26.7. The molecule has 0 aliphatic heterocycles. The first-order chi connectivity index (χ1) is 26.2. The number of carbonyl (C=O) groups excluding carboxylic acids is 2. The molecule has 0 bridgehead atoms. The second kappa shape index (κ2) is 17.3. The number of hydrogen-bond acceptors (Lipinski definition) is 12. The van der Waals surface area contributed by atoms with Gasteiger partial charge in [-0.15, -0.1) is 0 Å². The molecule has 0 spiro atoms. The first kappa shape index (κ1) is 37.2. The average Bonchev–Trinajstić information content (AvgIpc) is 3.84. The third kappa shape index (κ3) is 8.70. The molecule has 14 nitrogen and oxygen atoms in total. The zero-order valence-electron chi connectivity index (χ0n) is 28.8. The van der Waals surface area contributed by atoms with Crippen LogP contribution in [0.4, 0.5) is 0 Å². The highest BCUT2D eigenvalue weighted by molar-refractivity contribution is 9.10. The van der Waals surface area contributed by atoms with E-state index in [1.54, 1.807) is 58.3 Å². The third-order valence-electron chi connectivity index (χ3n) is 7.87. The maximum atomic E-state index is 11.6. The van der Waals surface area contributed by atoms with Gasteiger partial charge in [-0.3, -0.25) is 9.97 Å². The predicted molar refractivity (Wildman–Crippen MR) is 205 cm³/mol. The van der Waals surface area contributed by atoms with E-state index < -0.39 is 13.1 Å². The summed E-state index contributed by atoms with van der Waals surface area (Å²) in [5.74, 6) is -0.804. The van der Waals surface area contributed by atoms with Crippen LogP contribution in [-0.4, -0.2) is 82.5 Å². The quantitative estimate of drug-likeness (QED) is 0.171. The summed E-state index contributed by atoms with van der Waals surface area (Å²) in [6, 6.07) is 28.5. The molecule has 54 heavy (non-hydrogen) atoms. The third-order valence-corrected chi connectivity index (χ3v) is 8.41. The zero-order valence-corrected chi connectivity index (χ0v) is 30.3. The summed E-state index contributed by atoms with van der Waals surface area (Å²) in [6.45, 7) is 0. The number of pyridine rings is 2. The van der Waals surface area contributed by atoms with E-state index in [-0.39, 0.29) is 5.97 Å². The summed E-state index contributed by atoms with van der Waals surface area (Å²) < 4.78 is 13.6. The van der Waals surface area contributed by atoms with Crippen molar-refractivity contribution in [3.8, 4) is 33.8 Å². The smallest absolute Gasteiger partial charge is 0.465 e. The Morgan fingerprint density at radius 1 is 0.593 bits per heavy atom. The SMILES string of the molecule is Brc1cnc2ccc(-c3ccncc3)nn12.COC(=O)c1ccc(-c2cnc3ccc(-c4ccncc4)nn23)cc1.COC(=O)c1ccc(B(O)O)cc1. The van der Waals surface area contributed by atoms with Gasteiger partial charge in [-0.1, -0.05) is 24.3 Å². The first-order valence-corrected chi connectivity index (χ1v) is 16.9. The highest BCUT2D eigenvalue weighted by Crippen LogP contribution is 2.23. The van der Waals surface area contributed by atoms with Gasteiger partial charge in [0, 0.05) is 41.5 Å². The fourth-order valence-electron chi connectivity index (χ4n) is 5.07. The maximum absolute atomic E-state index is 11.6.